The second-order valence-electron chi connectivity index (χ2n) is 3.48. The molecule has 0 aromatic rings. The summed E-state index contributed by atoms with van der Waals surface area (Å²) in [6.07, 6.45) is 0.465. The average Bonchev–Trinajstić information content (AvgIpc) is 1.81. The maximum absolute atomic E-state index is 10.4. The molecule has 0 rings (SSSR count). The Bertz CT molecular complexity index is 222. The smallest absolute Gasteiger partial charge is 0.414 e. The van der Waals surface area contributed by atoms with Crippen LogP contribution in [0.2, 0.25) is 0 Å². The van der Waals surface area contributed by atoms with Crippen LogP contribution >= 0.6 is 0 Å². The van der Waals surface area contributed by atoms with Gasteiger partial charge in [-0.3, -0.25) is 4.79 Å². The summed E-state index contributed by atoms with van der Waals surface area (Å²) in [5, 5.41) is 14.8. The van der Waals surface area contributed by atoms with Crippen molar-refractivity contribution in [2.24, 2.45) is 5.73 Å². The van der Waals surface area contributed by atoms with E-state index in [1.807, 2.05) is 13.8 Å². The number of ketones is 1. The van der Waals surface area contributed by atoms with Gasteiger partial charge in [0.25, 0.3) is 0 Å². The first-order valence-electron chi connectivity index (χ1n) is 3.81. The van der Waals surface area contributed by atoms with Crippen LogP contribution in [-0.4, -0.2) is 33.5 Å². The van der Waals surface area contributed by atoms with Crippen LogP contribution in [0.3, 0.4) is 0 Å². The van der Waals surface area contributed by atoms with Gasteiger partial charge >= 0.3 is 11.9 Å². The molecule has 0 saturated heterocycles. The van der Waals surface area contributed by atoms with Crippen LogP contribution < -0.4 is 5.73 Å². The van der Waals surface area contributed by atoms with Crippen LogP contribution in [0.1, 0.15) is 27.2 Å². The van der Waals surface area contributed by atoms with Gasteiger partial charge in [0.2, 0.25) is 0 Å². The number of carboxylic acids is 2. The average molecular weight is 269 g/mol. The molecule has 0 spiro atoms. The number of rotatable bonds is 2. The fraction of sp³-hybridized carbons (Fsp3) is 0.625. The van der Waals surface area contributed by atoms with Gasteiger partial charge in [-0.15, -0.1) is 0 Å². The molecule has 0 aromatic heterocycles. The number of Topliss-reactive ketones (excluding diaryl/α,β-unsaturated/α-hetero) is 1. The third-order valence-corrected chi connectivity index (χ3v) is 0.888. The van der Waals surface area contributed by atoms with Crippen LogP contribution in [0.25, 0.3) is 0 Å². The van der Waals surface area contributed by atoms with E-state index < -0.39 is 11.9 Å². The Kier molecular flexibility index (Phi) is 11.0. The standard InChI is InChI=1S/C6H13NO.C2H2O4.Cu/c1-5(8)4-6(2,3)7;3-1(4)2(5)6;/h4,7H2,1-3H3;(H,3,4)(H,5,6);. The zero-order chi connectivity index (χ0) is 11.9. The normalized spacial score (nSPS) is 9.07. The van der Waals surface area contributed by atoms with Gasteiger partial charge in [0.1, 0.15) is 5.78 Å². The number of carbonyl (C=O) groups excluding carboxylic acids is 1. The Morgan fingerprint density at radius 1 is 1.13 bits per heavy atom. The van der Waals surface area contributed by atoms with E-state index in [-0.39, 0.29) is 28.4 Å². The van der Waals surface area contributed by atoms with E-state index in [1.165, 1.54) is 0 Å². The van der Waals surface area contributed by atoms with Crippen molar-refractivity contribution in [1.82, 2.24) is 0 Å². The zero-order valence-electron chi connectivity index (χ0n) is 8.71. The Morgan fingerprint density at radius 2 is 1.40 bits per heavy atom. The second-order valence-corrected chi connectivity index (χ2v) is 3.48. The van der Waals surface area contributed by atoms with E-state index in [2.05, 4.69) is 0 Å². The molecule has 93 valence electrons. The largest absolute Gasteiger partial charge is 0.473 e. The molecular formula is C8H15CuNO5. The topological polar surface area (TPSA) is 118 Å². The maximum Gasteiger partial charge on any atom is 0.414 e. The Hall–Kier alpha value is -0.911. The molecule has 0 heterocycles. The molecule has 0 aromatic carbocycles. The molecule has 6 nitrogen and oxygen atoms in total. The third-order valence-electron chi connectivity index (χ3n) is 0.888. The van der Waals surface area contributed by atoms with Gasteiger partial charge in [0, 0.05) is 29.0 Å². The molecule has 4 N–H and O–H groups in total. The Morgan fingerprint density at radius 3 is 1.40 bits per heavy atom. The molecule has 15 heavy (non-hydrogen) atoms. The summed E-state index contributed by atoms with van der Waals surface area (Å²) < 4.78 is 0. The predicted octanol–water partition coefficient (Wildman–Crippen LogP) is -0.144. The maximum atomic E-state index is 10.4. The zero-order valence-corrected chi connectivity index (χ0v) is 9.65. The van der Waals surface area contributed by atoms with Crippen molar-refractivity contribution < 1.29 is 41.7 Å². The van der Waals surface area contributed by atoms with Gasteiger partial charge in [-0.1, -0.05) is 0 Å². The number of carboxylic acid groups (broad SMARTS) is 2. The van der Waals surface area contributed by atoms with Gasteiger partial charge in [0.15, 0.2) is 0 Å². The molecule has 0 aliphatic carbocycles. The van der Waals surface area contributed by atoms with Crippen molar-refractivity contribution in [2.75, 3.05) is 0 Å². The fourth-order valence-electron chi connectivity index (χ4n) is 0.642. The van der Waals surface area contributed by atoms with Gasteiger partial charge in [-0.05, 0) is 20.8 Å². The number of hydrogen-bond acceptors (Lipinski definition) is 4. The monoisotopic (exact) mass is 268 g/mol. The summed E-state index contributed by atoms with van der Waals surface area (Å²) in [4.78, 5) is 28.6. The molecule has 0 unspecified atom stereocenters. The minimum atomic E-state index is -1.82. The predicted molar refractivity (Wildman–Crippen MR) is 48.8 cm³/mol. The van der Waals surface area contributed by atoms with Gasteiger partial charge in [-0.25, -0.2) is 9.59 Å². The first kappa shape index (κ1) is 19.6. The summed E-state index contributed by atoms with van der Waals surface area (Å²) >= 11 is 0. The van der Waals surface area contributed by atoms with Gasteiger partial charge in [-0.2, -0.15) is 0 Å². The summed E-state index contributed by atoms with van der Waals surface area (Å²) in [6, 6.07) is 0. The van der Waals surface area contributed by atoms with Gasteiger partial charge < -0.3 is 15.9 Å². The van der Waals surface area contributed by atoms with E-state index in [1.54, 1.807) is 6.92 Å². The Balaban J connectivity index is -0.000000187. The van der Waals surface area contributed by atoms with Crippen molar-refractivity contribution in [3.8, 4) is 0 Å². The molecule has 7 heteroatoms. The van der Waals surface area contributed by atoms with E-state index in [0.29, 0.717) is 6.42 Å². The summed E-state index contributed by atoms with van der Waals surface area (Å²) in [5.74, 6) is -3.50. The van der Waals surface area contributed by atoms with Crippen LogP contribution in [-0.2, 0) is 31.5 Å². The minimum Gasteiger partial charge on any atom is -0.473 e. The molecule has 1 radical (unpaired) electrons. The molecule has 0 atom stereocenters. The molecule has 0 aliphatic heterocycles. The van der Waals surface area contributed by atoms with Crippen LogP contribution in [0.4, 0.5) is 0 Å². The summed E-state index contributed by atoms with van der Waals surface area (Å²) in [5.41, 5.74) is 5.19. The number of aliphatic carboxylic acids is 2. The van der Waals surface area contributed by atoms with Gasteiger partial charge in [0.05, 0.1) is 0 Å². The van der Waals surface area contributed by atoms with E-state index in [0.717, 1.165) is 0 Å². The molecule has 0 saturated carbocycles. The van der Waals surface area contributed by atoms with Crippen molar-refractivity contribution in [1.29, 1.82) is 0 Å². The van der Waals surface area contributed by atoms with E-state index >= 15 is 0 Å². The number of nitrogens with two attached hydrogens (primary N) is 1. The molecule has 0 amide bonds. The van der Waals surface area contributed by atoms with Crippen molar-refractivity contribution >= 4 is 17.7 Å². The molecule has 0 fully saturated rings. The summed E-state index contributed by atoms with van der Waals surface area (Å²) in [7, 11) is 0. The first-order chi connectivity index (χ1) is 6.06. The van der Waals surface area contributed by atoms with Crippen molar-refractivity contribution in [2.45, 2.75) is 32.7 Å². The molecule has 0 bridgehead atoms. The SMILES string of the molecule is CC(=O)CC(C)(C)N.O=C(O)C(=O)O.[Cu]. The van der Waals surface area contributed by atoms with Crippen molar-refractivity contribution in [3.05, 3.63) is 0 Å². The van der Waals surface area contributed by atoms with Crippen molar-refractivity contribution in [3.63, 3.8) is 0 Å². The number of hydrogen-bond donors (Lipinski definition) is 3. The second kappa shape index (κ2) is 8.40. The third kappa shape index (κ3) is 24.6. The van der Waals surface area contributed by atoms with E-state index in [4.69, 9.17) is 25.5 Å². The number of carbonyl (C=O) groups is 3. The van der Waals surface area contributed by atoms with Crippen LogP contribution in [0, 0.1) is 0 Å². The molecule has 0 aliphatic rings. The fourth-order valence-corrected chi connectivity index (χ4v) is 0.642. The Labute approximate surface area is 98.3 Å². The van der Waals surface area contributed by atoms with E-state index in [9.17, 15) is 4.79 Å². The quantitative estimate of drug-likeness (QED) is 0.474. The summed E-state index contributed by atoms with van der Waals surface area (Å²) in [6.45, 7) is 5.23. The minimum absolute atomic E-state index is 0. The first-order valence-corrected chi connectivity index (χ1v) is 3.81. The van der Waals surface area contributed by atoms with Crippen LogP contribution in [0.5, 0.6) is 0 Å². The van der Waals surface area contributed by atoms with Crippen LogP contribution in [0.15, 0.2) is 0 Å². The molecular weight excluding hydrogens is 254 g/mol.